The third-order valence-corrected chi connectivity index (χ3v) is 3.43. The lowest BCUT2D eigenvalue weighted by Gasteiger charge is -2.34. The summed E-state index contributed by atoms with van der Waals surface area (Å²) in [6.07, 6.45) is 1.90. The number of hydrogen-bond acceptors (Lipinski definition) is 3. The van der Waals surface area contributed by atoms with E-state index in [9.17, 15) is 4.79 Å². The van der Waals surface area contributed by atoms with E-state index in [1.165, 1.54) is 0 Å². The Kier molecular flexibility index (Phi) is 3.20. The van der Waals surface area contributed by atoms with Gasteiger partial charge in [-0.05, 0) is 25.8 Å². The first kappa shape index (κ1) is 12.1. The maximum atomic E-state index is 11.6. The highest BCUT2D eigenvalue weighted by Gasteiger charge is 2.37. The molecule has 0 radical (unpaired) electrons. The number of fused-ring (bicyclic) bond motifs is 1. The van der Waals surface area contributed by atoms with Crippen molar-refractivity contribution in [3.05, 3.63) is 29.3 Å². The van der Waals surface area contributed by atoms with Crippen LogP contribution in [0, 0.1) is 6.92 Å². The third-order valence-electron chi connectivity index (χ3n) is 3.43. The van der Waals surface area contributed by atoms with Crippen LogP contribution < -0.4 is 4.74 Å². The normalized spacial score (nSPS) is 23.1. The van der Waals surface area contributed by atoms with Crippen molar-refractivity contribution in [2.75, 3.05) is 6.61 Å². The lowest BCUT2D eigenvalue weighted by atomic mass is 9.74. The molecule has 2 rings (SSSR count). The van der Waals surface area contributed by atoms with Gasteiger partial charge in [0, 0.05) is 17.6 Å². The minimum atomic E-state index is -0.209. The fourth-order valence-corrected chi connectivity index (χ4v) is 2.47. The zero-order valence-corrected chi connectivity index (χ0v) is 10.3. The molecule has 0 aliphatic carbocycles. The molecule has 1 N–H and O–H groups in total. The quantitative estimate of drug-likeness (QED) is 0.645. The number of benzene rings is 1. The highest BCUT2D eigenvalue weighted by molar-refractivity contribution is 5.77. The number of ether oxygens (including phenoxy) is 1. The van der Waals surface area contributed by atoms with Crippen molar-refractivity contribution in [3.8, 4) is 5.75 Å². The Labute approximate surface area is 101 Å². The summed E-state index contributed by atoms with van der Waals surface area (Å²) in [4.78, 5) is 11.6. The highest BCUT2D eigenvalue weighted by atomic mass is 16.5. The third kappa shape index (κ3) is 2.34. The van der Waals surface area contributed by atoms with E-state index < -0.39 is 0 Å². The number of esters is 1. The van der Waals surface area contributed by atoms with Gasteiger partial charge in [-0.3, -0.25) is 4.79 Å². The van der Waals surface area contributed by atoms with Gasteiger partial charge in [0.15, 0.2) is 0 Å². The summed E-state index contributed by atoms with van der Waals surface area (Å²) >= 11 is 0. The number of hydrogen-bond donors (Lipinski definition) is 1. The Morgan fingerprint density at radius 3 is 2.94 bits per heavy atom. The minimum absolute atomic E-state index is 0.159. The number of aliphatic hydroxyl groups excluding tert-OH is 1. The second-order valence-corrected chi connectivity index (χ2v) is 5.04. The van der Waals surface area contributed by atoms with Gasteiger partial charge in [0.25, 0.3) is 0 Å². The summed E-state index contributed by atoms with van der Waals surface area (Å²) in [6.45, 7) is 4.26. The first-order valence-corrected chi connectivity index (χ1v) is 5.98. The molecule has 92 valence electrons. The number of aliphatic hydroxyl groups is 1. The monoisotopic (exact) mass is 234 g/mol. The Balaban J connectivity index is 2.41. The molecular weight excluding hydrogens is 216 g/mol. The van der Waals surface area contributed by atoms with Crippen LogP contribution in [-0.2, 0) is 10.2 Å². The van der Waals surface area contributed by atoms with E-state index in [0.717, 1.165) is 17.5 Å². The van der Waals surface area contributed by atoms with Gasteiger partial charge in [-0.2, -0.15) is 0 Å². The summed E-state index contributed by atoms with van der Waals surface area (Å²) in [6, 6.07) is 5.89. The summed E-state index contributed by atoms with van der Waals surface area (Å²) in [5.41, 5.74) is 2.04. The van der Waals surface area contributed by atoms with Gasteiger partial charge in [0.1, 0.15) is 5.75 Å². The zero-order valence-electron chi connectivity index (χ0n) is 10.3. The van der Waals surface area contributed by atoms with Crippen molar-refractivity contribution in [2.24, 2.45) is 0 Å². The molecule has 0 aromatic heterocycles. The molecule has 0 bridgehead atoms. The summed E-state index contributed by atoms with van der Waals surface area (Å²) < 4.78 is 5.26. The second-order valence-electron chi connectivity index (χ2n) is 5.04. The molecule has 0 spiro atoms. The van der Waals surface area contributed by atoms with Gasteiger partial charge >= 0.3 is 5.97 Å². The summed E-state index contributed by atoms with van der Waals surface area (Å²) in [7, 11) is 0. The second kappa shape index (κ2) is 4.49. The van der Waals surface area contributed by atoms with E-state index in [-0.39, 0.29) is 18.0 Å². The Bertz CT molecular complexity index is 439. The molecule has 0 amide bonds. The van der Waals surface area contributed by atoms with Gasteiger partial charge in [-0.25, -0.2) is 0 Å². The molecule has 1 atom stereocenters. The van der Waals surface area contributed by atoms with Crippen LogP contribution in [0.4, 0.5) is 0 Å². The molecule has 3 nitrogen and oxygen atoms in total. The van der Waals surface area contributed by atoms with Gasteiger partial charge in [0.05, 0.1) is 6.42 Å². The van der Waals surface area contributed by atoms with Crippen LogP contribution in [-0.4, -0.2) is 17.7 Å². The van der Waals surface area contributed by atoms with Crippen molar-refractivity contribution in [2.45, 2.75) is 38.5 Å². The van der Waals surface area contributed by atoms with Crippen LogP contribution in [0.15, 0.2) is 18.2 Å². The molecule has 0 unspecified atom stereocenters. The number of carbonyl (C=O) groups excluding carboxylic acids is 1. The Morgan fingerprint density at radius 1 is 1.47 bits per heavy atom. The molecule has 0 saturated carbocycles. The number of carbonyl (C=O) groups is 1. The standard InChI is InChI=1S/C14H18O3/c1-10-4-5-12-11(8-10)14(2,6-3-7-15)9-13(16)17-12/h4-5,8,15H,3,6-7,9H2,1-2H3/t14-/m1/s1. The molecule has 1 aromatic rings. The van der Waals surface area contributed by atoms with E-state index >= 15 is 0 Å². The topological polar surface area (TPSA) is 46.5 Å². The van der Waals surface area contributed by atoms with Crippen molar-refractivity contribution in [1.82, 2.24) is 0 Å². The molecule has 0 fully saturated rings. The van der Waals surface area contributed by atoms with Gasteiger partial charge in [0.2, 0.25) is 0 Å². The zero-order chi connectivity index (χ0) is 12.5. The molecule has 0 saturated heterocycles. The molecule has 1 aliphatic heterocycles. The van der Waals surface area contributed by atoms with Gasteiger partial charge < -0.3 is 9.84 Å². The van der Waals surface area contributed by atoms with E-state index in [4.69, 9.17) is 9.84 Å². The average Bonchev–Trinajstić information content (AvgIpc) is 2.28. The van der Waals surface area contributed by atoms with Crippen LogP contribution in [0.1, 0.15) is 37.3 Å². The predicted molar refractivity (Wildman–Crippen MR) is 65.1 cm³/mol. The van der Waals surface area contributed by atoms with Gasteiger partial charge in [-0.15, -0.1) is 0 Å². The lowest BCUT2D eigenvalue weighted by Crippen LogP contribution is -2.33. The van der Waals surface area contributed by atoms with Crippen LogP contribution in [0.2, 0.25) is 0 Å². The van der Waals surface area contributed by atoms with Crippen LogP contribution in [0.25, 0.3) is 0 Å². The summed E-state index contributed by atoms with van der Waals surface area (Å²) in [5, 5.41) is 8.96. The van der Waals surface area contributed by atoms with E-state index in [1.807, 2.05) is 19.1 Å². The lowest BCUT2D eigenvalue weighted by molar-refractivity contribution is -0.137. The minimum Gasteiger partial charge on any atom is -0.426 e. The maximum absolute atomic E-state index is 11.6. The smallest absolute Gasteiger partial charge is 0.312 e. The molecule has 3 heteroatoms. The maximum Gasteiger partial charge on any atom is 0.312 e. The van der Waals surface area contributed by atoms with Gasteiger partial charge in [-0.1, -0.05) is 24.6 Å². The highest BCUT2D eigenvalue weighted by Crippen LogP contribution is 2.42. The van der Waals surface area contributed by atoms with Crippen molar-refractivity contribution in [1.29, 1.82) is 0 Å². The number of rotatable bonds is 3. The first-order valence-electron chi connectivity index (χ1n) is 5.98. The molecule has 1 aromatic carbocycles. The fraction of sp³-hybridized carbons (Fsp3) is 0.500. The van der Waals surface area contributed by atoms with Crippen molar-refractivity contribution in [3.63, 3.8) is 0 Å². The Hall–Kier alpha value is -1.35. The molecular formula is C14H18O3. The largest absolute Gasteiger partial charge is 0.426 e. The van der Waals surface area contributed by atoms with Crippen LogP contribution >= 0.6 is 0 Å². The fourth-order valence-electron chi connectivity index (χ4n) is 2.47. The Morgan fingerprint density at radius 2 is 2.24 bits per heavy atom. The van der Waals surface area contributed by atoms with Crippen molar-refractivity contribution < 1.29 is 14.6 Å². The number of aryl methyl sites for hydroxylation is 1. The molecule has 17 heavy (non-hydrogen) atoms. The van der Waals surface area contributed by atoms with E-state index in [1.54, 1.807) is 0 Å². The van der Waals surface area contributed by atoms with E-state index in [2.05, 4.69) is 13.0 Å². The van der Waals surface area contributed by atoms with Crippen LogP contribution in [0.5, 0.6) is 5.75 Å². The predicted octanol–water partition coefficient (Wildman–Crippen LogP) is 2.33. The van der Waals surface area contributed by atoms with Crippen LogP contribution in [0.3, 0.4) is 0 Å². The van der Waals surface area contributed by atoms with E-state index in [0.29, 0.717) is 18.6 Å². The average molecular weight is 234 g/mol. The molecule has 1 heterocycles. The SMILES string of the molecule is Cc1ccc2c(c1)[C@](C)(CCCO)CC(=O)O2. The molecule has 1 aliphatic rings. The van der Waals surface area contributed by atoms with Crippen molar-refractivity contribution >= 4 is 5.97 Å². The summed E-state index contributed by atoms with van der Waals surface area (Å²) in [5.74, 6) is 0.495. The first-order chi connectivity index (χ1) is 8.05.